The lowest BCUT2D eigenvalue weighted by Crippen LogP contribution is -2.32. The Bertz CT molecular complexity index is 1100. The smallest absolute Gasteiger partial charge is 0.351 e. The summed E-state index contributed by atoms with van der Waals surface area (Å²) in [5.74, 6) is -1.37. The van der Waals surface area contributed by atoms with Crippen molar-refractivity contribution in [3.05, 3.63) is 69.1 Å². The number of alkyl halides is 6. The fraction of sp³-hybridized carbons (Fsp3) is 0.435. The predicted molar refractivity (Wildman–Crippen MR) is 119 cm³/mol. The largest absolute Gasteiger partial charge is 0.416 e. The molecule has 0 fully saturated rings. The Labute approximate surface area is 202 Å². The number of pyridine rings is 1. The molecule has 2 rings (SSSR count). The molecule has 0 aliphatic heterocycles. The molecule has 0 bridgehead atoms. The maximum atomic E-state index is 12.8. The van der Waals surface area contributed by atoms with Crippen LogP contribution in [0.4, 0.5) is 26.3 Å². The third kappa shape index (κ3) is 9.72. The van der Waals surface area contributed by atoms with Crippen LogP contribution in [0.1, 0.15) is 51.2 Å². The molecule has 0 unspecified atom stereocenters. The number of carbonyl (C=O) groups excluding carboxylic acids is 2. The first-order valence-electron chi connectivity index (χ1n) is 11.0. The molecule has 0 aliphatic carbocycles. The van der Waals surface area contributed by atoms with Gasteiger partial charge in [0, 0.05) is 44.7 Å². The van der Waals surface area contributed by atoms with E-state index >= 15 is 0 Å². The number of nitrogens with zero attached hydrogens (tertiary/aromatic N) is 1. The average Bonchev–Trinajstić information content (AvgIpc) is 2.79. The number of halogens is 6. The highest BCUT2D eigenvalue weighted by atomic mass is 19.4. The van der Waals surface area contributed by atoms with Gasteiger partial charge in [-0.3, -0.25) is 14.4 Å². The number of H-pyrrole nitrogens is 1. The first-order chi connectivity index (χ1) is 16.8. The van der Waals surface area contributed by atoms with Gasteiger partial charge in [0.05, 0.1) is 5.56 Å². The number of amides is 2. The van der Waals surface area contributed by atoms with Crippen molar-refractivity contribution in [2.24, 2.45) is 0 Å². The number of carbonyl (C=O) groups is 2. The van der Waals surface area contributed by atoms with E-state index < -0.39 is 41.7 Å². The summed E-state index contributed by atoms with van der Waals surface area (Å²) in [5.41, 5.74) is -1.34. The molecule has 1 aromatic carbocycles. The van der Waals surface area contributed by atoms with Crippen LogP contribution >= 0.6 is 0 Å². The molecule has 2 amide bonds. The molecule has 0 radical (unpaired) electrons. The van der Waals surface area contributed by atoms with Gasteiger partial charge in [0.15, 0.2) is 0 Å². The van der Waals surface area contributed by atoms with Crippen LogP contribution in [0.25, 0.3) is 0 Å². The van der Waals surface area contributed by atoms with E-state index in [1.807, 2.05) is 0 Å². The normalized spacial score (nSPS) is 11.9. The van der Waals surface area contributed by atoms with Crippen LogP contribution in [-0.2, 0) is 12.7 Å². The lowest BCUT2D eigenvalue weighted by molar-refractivity contribution is -0.138. The maximum absolute atomic E-state index is 12.8. The van der Waals surface area contributed by atoms with Gasteiger partial charge in [0.1, 0.15) is 5.69 Å². The summed E-state index contributed by atoms with van der Waals surface area (Å²) in [6, 6.07) is 7.01. The molecule has 3 N–H and O–H groups in total. The van der Waals surface area contributed by atoms with Gasteiger partial charge in [-0.05, 0) is 37.1 Å². The minimum atomic E-state index is -4.42. The molecule has 36 heavy (non-hydrogen) atoms. The number of hydrogen-bond donors (Lipinski definition) is 3. The number of rotatable bonds is 11. The van der Waals surface area contributed by atoms with Gasteiger partial charge >= 0.3 is 12.4 Å². The molecule has 7 nitrogen and oxygen atoms in total. The first-order valence-corrected chi connectivity index (χ1v) is 11.0. The zero-order valence-electron chi connectivity index (χ0n) is 19.4. The van der Waals surface area contributed by atoms with Gasteiger partial charge in [-0.25, -0.2) is 0 Å². The monoisotopic (exact) mass is 520 g/mol. The Morgan fingerprint density at radius 3 is 2.39 bits per heavy atom. The van der Waals surface area contributed by atoms with E-state index in [4.69, 9.17) is 0 Å². The standard InChI is InChI=1S/C23H26F6N4O3/c1-33(10-3-7-22(24,25)26)21(36)16-12-18(32-19(34)13-16)20(35)31-9-4-8-30-14-15-5-2-6-17(11-15)23(27,28)29/h2,5-6,11-13,30H,3-4,7-10,14H2,1H3,(H,31,35)(H,32,34). The summed E-state index contributed by atoms with van der Waals surface area (Å²) in [6.07, 6.45) is -9.69. The molecule has 1 heterocycles. The molecule has 0 saturated heterocycles. The Morgan fingerprint density at radius 1 is 1.00 bits per heavy atom. The molecular formula is C23H26F6N4O3. The second kappa shape index (κ2) is 12.6. The van der Waals surface area contributed by atoms with Crippen LogP contribution in [0.15, 0.2) is 41.2 Å². The van der Waals surface area contributed by atoms with Crippen molar-refractivity contribution in [3.8, 4) is 0 Å². The molecule has 0 spiro atoms. The summed E-state index contributed by atoms with van der Waals surface area (Å²) in [6.45, 7) is 0.576. The second-order valence-corrected chi connectivity index (χ2v) is 8.08. The zero-order valence-corrected chi connectivity index (χ0v) is 19.4. The van der Waals surface area contributed by atoms with Crippen molar-refractivity contribution in [2.45, 2.75) is 38.2 Å². The van der Waals surface area contributed by atoms with Crippen LogP contribution in [0.5, 0.6) is 0 Å². The topological polar surface area (TPSA) is 94.3 Å². The highest BCUT2D eigenvalue weighted by molar-refractivity contribution is 5.98. The van der Waals surface area contributed by atoms with Gasteiger partial charge in [-0.15, -0.1) is 0 Å². The van der Waals surface area contributed by atoms with Crippen molar-refractivity contribution >= 4 is 11.8 Å². The summed E-state index contributed by atoms with van der Waals surface area (Å²) in [7, 11) is 1.30. The van der Waals surface area contributed by atoms with Crippen molar-refractivity contribution in [1.29, 1.82) is 0 Å². The molecular weight excluding hydrogens is 494 g/mol. The predicted octanol–water partition coefficient (Wildman–Crippen LogP) is 3.72. The lowest BCUT2D eigenvalue weighted by atomic mass is 10.1. The summed E-state index contributed by atoms with van der Waals surface area (Å²) in [5, 5.41) is 5.52. The minimum Gasteiger partial charge on any atom is -0.351 e. The minimum absolute atomic E-state index is 0.138. The zero-order chi connectivity index (χ0) is 26.9. The van der Waals surface area contributed by atoms with Gasteiger partial charge < -0.3 is 20.5 Å². The maximum Gasteiger partial charge on any atom is 0.416 e. The lowest BCUT2D eigenvalue weighted by Gasteiger charge is -2.18. The summed E-state index contributed by atoms with van der Waals surface area (Å²) < 4.78 is 75.1. The van der Waals surface area contributed by atoms with Crippen molar-refractivity contribution in [1.82, 2.24) is 20.5 Å². The number of aromatic amines is 1. The van der Waals surface area contributed by atoms with Crippen molar-refractivity contribution in [3.63, 3.8) is 0 Å². The number of benzene rings is 1. The van der Waals surface area contributed by atoms with Gasteiger partial charge in [-0.2, -0.15) is 26.3 Å². The van der Waals surface area contributed by atoms with E-state index in [9.17, 15) is 40.7 Å². The fourth-order valence-electron chi connectivity index (χ4n) is 3.23. The van der Waals surface area contributed by atoms with Crippen LogP contribution < -0.4 is 16.2 Å². The summed E-state index contributed by atoms with van der Waals surface area (Å²) in [4.78, 5) is 40.0. The average molecular weight is 520 g/mol. The molecule has 1 aromatic heterocycles. The van der Waals surface area contributed by atoms with E-state index in [2.05, 4.69) is 15.6 Å². The highest BCUT2D eigenvalue weighted by Gasteiger charge is 2.30. The SMILES string of the molecule is CN(CCCC(F)(F)F)C(=O)c1cc(C(=O)NCCCNCc2cccc(C(F)(F)F)c2)[nH]c(=O)c1. The molecule has 2 aromatic rings. The summed E-state index contributed by atoms with van der Waals surface area (Å²) >= 11 is 0. The van der Waals surface area contributed by atoms with Crippen LogP contribution in [-0.4, -0.2) is 54.6 Å². The van der Waals surface area contributed by atoms with Gasteiger partial charge in [0.25, 0.3) is 11.8 Å². The fourth-order valence-corrected chi connectivity index (χ4v) is 3.23. The Hall–Kier alpha value is -3.35. The quantitative estimate of drug-likeness (QED) is 0.311. The van der Waals surface area contributed by atoms with E-state index in [1.165, 1.54) is 13.1 Å². The molecule has 0 saturated carbocycles. The van der Waals surface area contributed by atoms with Gasteiger partial charge in [-0.1, -0.05) is 18.2 Å². The molecule has 13 heteroatoms. The van der Waals surface area contributed by atoms with Crippen molar-refractivity contribution < 1.29 is 35.9 Å². The number of hydrogen-bond acceptors (Lipinski definition) is 4. The third-order valence-electron chi connectivity index (χ3n) is 5.04. The second-order valence-electron chi connectivity index (χ2n) is 8.08. The Balaban J connectivity index is 1.81. The first kappa shape index (κ1) is 28.9. The van der Waals surface area contributed by atoms with Crippen molar-refractivity contribution in [2.75, 3.05) is 26.7 Å². The Morgan fingerprint density at radius 2 is 1.72 bits per heavy atom. The highest BCUT2D eigenvalue weighted by Crippen LogP contribution is 2.29. The number of aromatic nitrogens is 1. The van der Waals surface area contributed by atoms with Crippen LogP contribution in [0.2, 0.25) is 0 Å². The number of nitrogens with one attached hydrogen (secondary N) is 3. The third-order valence-corrected chi connectivity index (χ3v) is 5.04. The van der Waals surface area contributed by atoms with E-state index in [0.717, 1.165) is 29.2 Å². The van der Waals surface area contributed by atoms with Crippen LogP contribution in [0, 0.1) is 0 Å². The van der Waals surface area contributed by atoms with Crippen LogP contribution in [0.3, 0.4) is 0 Å². The van der Waals surface area contributed by atoms with E-state index in [-0.39, 0.29) is 37.3 Å². The molecule has 0 atom stereocenters. The van der Waals surface area contributed by atoms with Gasteiger partial charge in [0.2, 0.25) is 5.56 Å². The van der Waals surface area contributed by atoms with E-state index in [0.29, 0.717) is 18.5 Å². The Kier molecular flexibility index (Phi) is 10.1. The van der Waals surface area contributed by atoms with E-state index in [1.54, 1.807) is 6.07 Å². The molecule has 198 valence electrons. The molecule has 0 aliphatic rings.